The van der Waals surface area contributed by atoms with Gasteiger partial charge in [0.25, 0.3) is 5.91 Å². The van der Waals surface area contributed by atoms with Crippen LogP contribution < -0.4 is 25.0 Å². The van der Waals surface area contributed by atoms with E-state index in [1.54, 1.807) is 6.07 Å². The molecule has 1 N–H and O–H groups in total. The summed E-state index contributed by atoms with van der Waals surface area (Å²) in [6.45, 7) is 23.4. The smallest absolute Gasteiger partial charge is 0.349 e. The third kappa shape index (κ3) is 8.04. The maximum absolute atomic E-state index is 13.8. The maximum Gasteiger partial charge on any atom is 0.349 e. The Hall–Kier alpha value is -2.97. The highest BCUT2D eigenvalue weighted by atomic mass is 35.5. The molecule has 2 aromatic carbocycles. The van der Waals surface area contributed by atoms with Crippen LogP contribution in [-0.2, 0) is 18.3 Å². The molecule has 1 amide bonds. The van der Waals surface area contributed by atoms with Crippen molar-refractivity contribution in [3.8, 4) is 11.5 Å². The number of carbonyl (C=O) groups is 1. The fourth-order valence-electron chi connectivity index (χ4n) is 10.0. The van der Waals surface area contributed by atoms with Crippen LogP contribution in [0.25, 0.3) is 11.0 Å². The predicted molar refractivity (Wildman–Crippen MR) is 233 cm³/mol. The van der Waals surface area contributed by atoms with Crippen molar-refractivity contribution in [3.05, 3.63) is 62.5 Å². The number of anilines is 1. The van der Waals surface area contributed by atoms with Crippen molar-refractivity contribution < 1.29 is 18.4 Å². The number of aryl methyl sites for hydroxylation is 2. The molecule has 1 saturated carbocycles. The number of hydrogen-bond acceptors (Lipinski definition) is 6. The van der Waals surface area contributed by atoms with E-state index < -0.39 is 13.9 Å². The van der Waals surface area contributed by atoms with Gasteiger partial charge < -0.3 is 23.8 Å². The van der Waals surface area contributed by atoms with E-state index in [0.29, 0.717) is 18.0 Å². The van der Waals surface area contributed by atoms with Crippen molar-refractivity contribution in [1.82, 2.24) is 5.32 Å². The topological polar surface area (TPSA) is 81.0 Å². The standard InChI is InChI=1S/C47H67ClN2O5Si/c1-45(2,3)56(8,9)55-39-28-33(46(4,5)20-12-10-11-13-21-48)27-38-40(39)35-24-30(18-19-37(35)47(6,7)54-38)29-49-43(51)36-26-32-25-31-16-14-22-50-23-15-17-34(41(31)50)42(32)53-44(36)52/h25-28,30,35,37H,10-24,29H2,1-9H3,(H,49,51)/t30-,35-,37-/m1/s1. The first-order valence-electron chi connectivity index (χ1n) is 21.7. The zero-order valence-corrected chi connectivity index (χ0v) is 37.5. The average Bonchev–Trinajstić information content (AvgIpc) is 3.13. The number of amides is 1. The van der Waals surface area contributed by atoms with E-state index in [1.807, 2.05) is 0 Å². The Morgan fingerprint density at radius 2 is 1.73 bits per heavy atom. The molecule has 7 rings (SSSR count). The Morgan fingerprint density at radius 1 is 1.00 bits per heavy atom. The minimum atomic E-state index is -2.21. The van der Waals surface area contributed by atoms with Crippen LogP contribution in [0.1, 0.15) is 151 Å². The number of alkyl halides is 1. The van der Waals surface area contributed by atoms with Crippen LogP contribution in [0.4, 0.5) is 5.69 Å². The van der Waals surface area contributed by atoms with E-state index in [9.17, 15) is 9.59 Å². The number of fused-ring (bicyclic) bond motifs is 5. The summed E-state index contributed by atoms with van der Waals surface area (Å²) in [4.78, 5) is 29.6. The SMILES string of the molecule is CC(C)(CCCCCCCl)c1cc2c(c(O[Si](C)(C)C(C)(C)C)c1)[C@@H]1C[C@H](CNC(=O)c3cc4cc5c6c(c4oc3=O)CCCN6CCC5)CC[C@H]1C(C)(C)O2. The van der Waals surface area contributed by atoms with Gasteiger partial charge in [0.05, 0.1) is 0 Å². The molecular weight excluding hydrogens is 736 g/mol. The summed E-state index contributed by atoms with van der Waals surface area (Å²) in [7, 11) is -2.21. The fourth-order valence-corrected chi connectivity index (χ4v) is 11.2. The van der Waals surface area contributed by atoms with Crippen LogP contribution in [0.2, 0.25) is 18.1 Å². The molecule has 3 aliphatic heterocycles. The van der Waals surface area contributed by atoms with Crippen LogP contribution in [-0.4, -0.2) is 45.3 Å². The number of rotatable bonds is 12. The van der Waals surface area contributed by atoms with Gasteiger partial charge in [-0.05, 0) is 142 Å². The van der Waals surface area contributed by atoms with Gasteiger partial charge in [0.2, 0.25) is 8.32 Å². The number of carbonyl (C=O) groups excluding carboxylic acids is 1. The summed E-state index contributed by atoms with van der Waals surface area (Å²) in [5.74, 6) is 3.13. The lowest BCUT2D eigenvalue weighted by molar-refractivity contribution is -0.0157. The molecule has 4 aliphatic rings. The third-order valence-electron chi connectivity index (χ3n) is 14.3. The van der Waals surface area contributed by atoms with Gasteiger partial charge >= 0.3 is 5.63 Å². The van der Waals surface area contributed by atoms with Gasteiger partial charge in [-0.15, -0.1) is 11.6 Å². The number of ether oxygens (including phenoxy) is 1. The van der Waals surface area contributed by atoms with E-state index in [1.165, 1.54) is 35.2 Å². The minimum absolute atomic E-state index is 0.0353. The van der Waals surface area contributed by atoms with Gasteiger partial charge in [0, 0.05) is 53.6 Å². The van der Waals surface area contributed by atoms with Gasteiger partial charge in [-0.1, -0.05) is 53.9 Å². The molecule has 306 valence electrons. The lowest BCUT2D eigenvalue weighted by atomic mass is 9.63. The maximum atomic E-state index is 13.8. The second kappa shape index (κ2) is 15.7. The molecule has 0 unspecified atom stereocenters. The third-order valence-corrected chi connectivity index (χ3v) is 19.0. The van der Waals surface area contributed by atoms with Gasteiger partial charge in [0.15, 0.2) is 0 Å². The van der Waals surface area contributed by atoms with E-state index in [2.05, 4.69) is 90.0 Å². The fraction of sp³-hybridized carbons (Fsp3) is 0.660. The summed E-state index contributed by atoms with van der Waals surface area (Å²) in [6.07, 6.45) is 12.7. The minimum Gasteiger partial charge on any atom is -0.543 e. The Balaban J connectivity index is 1.15. The van der Waals surface area contributed by atoms with Crippen LogP contribution in [0, 0.1) is 11.8 Å². The molecule has 7 nitrogen and oxygen atoms in total. The average molecular weight is 804 g/mol. The van der Waals surface area contributed by atoms with E-state index in [4.69, 9.17) is 25.2 Å². The first-order chi connectivity index (χ1) is 26.4. The molecule has 1 aromatic heterocycles. The summed E-state index contributed by atoms with van der Waals surface area (Å²) in [5.41, 5.74) is 5.99. The van der Waals surface area contributed by atoms with Crippen LogP contribution >= 0.6 is 11.6 Å². The zero-order chi connectivity index (χ0) is 40.2. The second-order valence-corrected chi connectivity index (χ2v) is 25.3. The monoisotopic (exact) mass is 802 g/mol. The largest absolute Gasteiger partial charge is 0.543 e. The highest BCUT2D eigenvalue weighted by Crippen LogP contribution is 2.57. The Bertz CT molecular complexity index is 2010. The van der Waals surface area contributed by atoms with Crippen LogP contribution in [0.15, 0.2) is 33.5 Å². The summed E-state index contributed by atoms with van der Waals surface area (Å²) in [5, 5.41) is 4.08. The molecule has 0 radical (unpaired) electrons. The molecule has 0 bridgehead atoms. The number of nitrogens with one attached hydrogen (secondary N) is 1. The van der Waals surface area contributed by atoms with E-state index >= 15 is 0 Å². The molecule has 3 aromatic rings. The summed E-state index contributed by atoms with van der Waals surface area (Å²) >= 11 is 5.97. The molecule has 56 heavy (non-hydrogen) atoms. The number of nitrogens with zero attached hydrogens (tertiary/aromatic N) is 1. The number of benzene rings is 2. The summed E-state index contributed by atoms with van der Waals surface area (Å²) in [6, 6.07) is 8.59. The van der Waals surface area contributed by atoms with Crippen molar-refractivity contribution in [1.29, 1.82) is 0 Å². The Kier molecular flexibility index (Phi) is 11.5. The Labute approximate surface area is 341 Å². The van der Waals surface area contributed by atoms with Gasteiger partial charge in [0.1, 0.15) is 28.2 Å². The lowest BCUT2D eigenvalue weighted by Crippen LogP contribution is -2.49. The van der Waals surface area contributed by atoms with Crippen molar-refractivity contribution >= 4 is 42.5 Å². The summed E-state index contributed by atoms with van der Waals surface area (Å²) < 4.78 is 20.3. The first-order valence-corrected chi connectivity index (χ1v) is 25.1. The van der Waals surface area contributed by atoms with Crippen molar-refractivity contribution in [2.45, 2.75) is 161 Å². The normalized spacial score (nSPS) is 21.8. The highest BCUT2D eigenvalue weighted by molar-refractivity contribution is 6.74. The quantitative estimate of drug-likeness (QED) is 0.0850. The number of unbranched alkanes of at least 4 members (excludes halogenated alkanes) is 3. The van der Waals surface area contributed by atoms with E-state index in [0.717, 1.165) is 106 Å². The molecule has 1 aliphatic carbocycles. The van der Waals surface area contributed by atoms with Gasteiger partial charge in [-0.2, -0.15) is 0 Å². The molecule has 0 spiro atoms. The molecule has 1 fully saturated rings. The second-order valence-electron chi connectivity index (χ2n) is 20.2. The van der Waals surface area contributed by atoms with Gasteiger partial charge in [-0.3, -0.25) is 4.79 Å². The van der Waals surface area contributed by atoms with Crippen molar-refractivity contribution in [3.63, 3.8) is 0 Å². The van der Waals surface area contributed by atoms with Crippen LogP contribution in [0.5, 0.6) is 11.5 Å². The van der Waals surface area contributed by atoms with Gasteiger partial charge in [-0.25, -0.2) is 4.79 Å². The molecule has 9 heteroatoms. The number of halogens is 1. The highest BCUT2D eigenvalue weighted by Gasteiger charge is 2.49. The number of hydrogen-bond donors (Lipinski definition) is 1. The lowest BCUT2D eigenvalue weighted by Gasteiger charge is -2.50. The van der Waals surface area contributed by atoms with Crippen molar-refractivity contribution in [2.75, 3.05) is 30.4 Å². The first kappa shape index (κ1) is 41.2. The molecule has 4 heterocycles. The zero-order valence-electron chi connectivity index (χ0n) is 35.7. The predicted octanol–water partition coefficient (Wildman–Crippen LogP) is 11.4. The van der Waals surface area contributed by atoms with Crippen molar-refractivity contribution in [2.24, 2.45) is 11.8 Å². The molecule has 3 atom stereocenters. The molecular formula is C47H67ClN2O5Si. The van der Waals surface area contributed by atoms with E-state index in [-0.39, 0.29) is 39.4 Å². The molecule has 0 saturated heterocycles. The Morgan fingerprint density at radius 3 is 2.46 bits per heavy atom. The van der Waals surface area contributed by atoms with Crippen LogP contribution in [0.3, 0.4) is 0 Å².